The van der Waals surface area contributed by atoms with Gasteiger partial charge in [0, 0.05) is 5.56 Å². The Bertz CT molecular complexity index is 527. The summed E-state index contributed by atoms with van der Waals surface area (Å²) in [5, 5.41) is 0. The van der Waals surface area contributed by atoms with Gasteiger partial charge in [-0.2, -0.15) is 4.99 Å². The van der Waals surface area contributed by atoms with Crippen molar-refractivity contribution in [1.29, 1.82) is 0 Å². The molecule has 1 aliphatic carbocycles. The van der Waals surface area contributed by atoms with Gasteiger partial charge in [-0.05, 0) is 43.0 Å². The lowest BCUT2D eigenvalue weighted by Gasteiger charge is -2.24. The Morgan fingerprint density at radius 2 is 2.06 bits per heavy atom. The van der Waals surface area contributed by atoms with E-state index in [1.54, 1.807) is 13.0 Å². The summed E-state index contributed by atoms with van der Waals surface area (Å²) < 4.78 is 13.7. The van der Waals surface area contributed by atoms with Crippen LogP contribution in [0.1, 0.15) is 47.2 Å². The van der Waals surface area contributed by atoms with E-state index in [0.29, 0.717) is 35.8 Å². The summed E-state index contributed by atoms with van der Waals surface area (Å²) in [4.78, 5) is 25.6. The molecule has 0 N–H and O–H groups in total. The van der Waals surface area contributed by atoms with Gasteiger partial charge in [0.25, 0.3) is 0 Å². The zero-order chi connectivity index (χ0) is 13.2. The normalized spacial score (nSPS) is 17.2. The number of benzene rings is 1. The molecular formula is C14H14FNO2. The van der Waals surface area contributed by atoms with Gasteiger partial charge in [-0.1, -0.05) is 12.8 Å². The van der Waals surface area contributed by atoms with Gasteiger partial charge in [0.2, 0.25) is 6.08 Å². The van der Waals surface area contributed by atoms with E-state index in [4.69, 9.17) is 0 Å². The van der Waals surface area contributed by atoms with Crippen LogP contribution in [0.2, 0.25) is 0 Å². The molecule has 1 aromatic rings. The average molecular weight is 247 g/mol. The van der Waals surface area contributed by atoms with Crippen LogP contribution in [0.4, 0.5) is 4.39 Å². The summed E-state index contributed by atoms with van der Waals surface area (Å²) in [7, 11) is 0. The number of aliphatic imine (C=N–C) groups is 1. The van der Waals surface area contributed by atoms with Crippen LogP contribution in [0.15, 0.2) is 17.1 Å². The third kappa shape index (κ3) is 2.00. The highest BCUT2D eigenvalue weighted by atomic mass is 19.1. The Morgan fingerprint density at radius 3 is 2.61 bits per heavy atom. The lowest BCUT2D eigenvalue weighted by molar-refractivity contribution is 0.112. The van der Waals surface area contributed by atoms with Gasteiger partial charge < -0.3 is 0 Å². The highest BCUT2D eigenvalue weighted by molar-refractivity contribution is 5.78. The minimum atomic E-state index is -0.757. The van der Waals surface area contributed by atoms with Crippen molar-refractivity contribution in [3.8, 4) is 0 Å². The van der Waals surface area contributed by atoms with Gasteiger partial charge in [0.1, 0.15) is 12.1 Å². The lowest BCUT2D eigenvalue weighted by Crippen LogP contribution is -2.21. The van der Waals surface area contributed by atoms with Gasteiger partial charge in [0.15, 0.2) is 0 Å². The summed E-state index contributed by atoms with van der Waals surface area (Å²) in [5.41, 5.74) is 0.590. The van der Waals surface area contributed by atoms with Crippen molar-refractivity contribution in [2.45, 2.75) is 38.1 Å². The number of hydrogen-bond donors (Lipinski definition) is 0. The first kappa shape index (κ1) is 12.7. The van der Waals surface area contributed by atoms with Crippen LogP contribution >= 0.6 is 0 Å². The molecular weight excluding hydrogens is 233 g/mol. The maximum Gasteiger partial charge on any atom is 0.235 e. The van der Waals surface area contributed by atoms with E-state index < -0.39 is 5.54 Å². The third-order valence-electron chi connectivity index (χ3n) is 3.65. The molecule has 3 nitrogen and oxygen atoms in total. The van der Waals surface area contributed by atoms with Gasteiger partial charge in [0.05, 0.1) is 5.54 Å². The van der Waals surface area contributed by atoms with E-state index in [0.717, 1.165) is 12.8 Å². The van der Waals surface area contributed by atoms with E-state index >= 15 is 0 Å². The Morgan fingerprint density at radius 1 is 1.39 bits per heavy atom. The molecule has 1 fully saturated rings. The SMILES string of the molecule is Cc1cc(C=O)c(C2(N=C=O)CCCC2)cc1F. The van der Waals surface area contributed by atoms with Crippen LogP contribution in [0.25, 0.3) is 0 Å². The van der Waals surface area contributed by atoms with Crippen LogP contribution in [0.5, 0.6) is 0 Å². The number of halogens is 1. The van der Waals surface area contributed by atoms with Crippen LogP contribution in [0.3, 0.4) is 0 Å². The maximum absolute atomic E-state index is 13.7. The van der Waals surface area contributed by atoms with Gasteiger partial charge >= 0.3 is 0 Å². The van der Waals surface area contributed by atoms with Crippen molar-refractivity contribution in [1.82, 2.24) is 0 Å². The van der Waals surface area contributed by atoms with Gasteiger partial charge in [-0.3, -0.25) is 4.79 Å². The Labute approximate surface area is 105 Å². The quantitative estimate of drug-likeness (QED) is 0.468. The molecule has 18 heavy (non-hydrogen) atoms. The molecule has 0 heterocycles. The average Bonchev–Trinajstić information content (AvgIpc) is 2.82. The predicted octanol–water partition coefficient (Wildman–Crippen LogP) is 3.05. The molecule has 4 heteroatoms. The molecule has 0 spiro atoms. The Balaban J connectivity index is 2.64. The molecule has 0 atom stereocenters. The second-order valence-corrected chi connectivity index (χ2v) is 4.75. The Hall–Kier alpha value is -1.80. The zero-order valence-electron chi connectivity index (χ0n) is 10.2. The molecule has 1 aliphatic rings. The van der Waals surface area contributed by atoms with E-state index in [1.165, 1.54) is 12.1 Å². The first-order valence-electron chi connectivity index (χ1n) is 5.98. The summed E-state index contributed by atoms with van der Waals surface area (Å²) in [6.45, 7) is 1.61. The zero-order valence-corrected chi connectivity index (χ0v) is 10.2. The molecule has 0 amide bonds. The fourth-order valence-electron chi connectivity index (χ4n) is 2.69. The summed E-state index contributed by atoms with van der Waals surface area (Å²) in [5.74, 6) is -0.372. The molecule has 0 radical (unpaired) electrons. The van der Waals surface area contributed by atoms with Crippen LogP contribution in [-0.2, 0) is 10.3 Å². The third-order valence-corrected chi connectivity index (χ3v) is 3.65. The maximum atomic E-state index is 13.7. The topological polar surface area (TPSA) is 46.5 Å². The largest absolute Gasteiger partial charge is 0.298 e. The van der Waals surface area contributed by atoms with Crippen molar-refractivity contribution < 1.29 is 14.0 Å². The molecule has 2 rings (SSSR count). The minimum Gasteiger partial charge on any atom is -0.298 e. The standard InChI is InChI=1S/C14H14FNO2/c1-10-6-11(8-17)12(7-13(10)15)14(16-9-18)4-2-3-5-14/h6-8H,2-5H2,1H3. The first-order chi connectivity index (χ1) is 8.63. The van der Waals surface area contributed by atoms with E-state index in [2.05, 4.69) is 4.99 Å². The number of carbonyl (C=O) groups is 1. The number of aldehydes is 1. The van der Waals surface area contributed by atoms with Crippen molar-refractivity contribution in [2.75, 3.05) is 0 Å². The monoisotopic (exact) mass is 247 g/mol. The van der Waals surface area contributed by atoms with Crippen LogP contribution < -0.4 is 0 Å². The smallest absolute Gasteiger partial charge is 0.235 e. The second-order valence-electron chi connectivity index (χ2n) is 4.75. The molecule has 0 bridgehead atoms. The molecule has 94 valence electrons. The van der Waals surface area contributed by atoms with Crippen molar-refractivity contribution in [3.05, 3.63) is 34.6 Å². The fourth-order valence-corrected chi connectivity index (χ4v) is 2.69. The van der Waals surface area contributed by atoms with Crippen LogP contribution in [0, 0.1) is 12.7 Å². The highest BCUT2D eigenvalue weighted by Gasteiger charge is 2.37. The van der Waals surface area contributed by atoms with Crippen molar-refractivity contribution >= 4 is 12.4 Å². The van der Waals surface area contributed by atoms with E-state index in [9.17, 15) is 14.0 Å². The number of carbonyl (C=O) groups excluding carboxylic acids is 2. The molecule has 0 saturated heterocycles. The molecule has 0 unspecified atom stereocenters. The van der Waals surface area contributed by atoms with Gasteiger partial charge in [-0.25, -0.2) is 9.18 Å². The summed E-state index contributed by atoms with van der Waals surface area (Å²) in [6, 6.07) is 2.85. The Kier molecular flexibility index (Phi) is 3.39. The summed E-state index contributed by atoms with van der Waals surface area (Å²) >= 11 is 0. The van der Waals surface area contributed by atoms with Crippen molar-refractivity contribution in [3.63, 3.8) is 0 Å². The number of hydrogen-bond acceptors (Lipinski definition) is 3. The van der Waals surface area contributed by atoms with E-state index in [-0.39, 0.29) is 5.82 Å². The summed E-state index contributed by atoms with van der Waals surface area (Å²) in [6.07, 6.45) is 5.42. The molecule has 1 aromatic carbocycles. The highest BCUT2D eigenvalue weighted by Crippen LogP contribution is 2.43. The van der Waals surface area contributed by atoms with Crippen molar-refractivity contribution in [2.24, 2.45) is 4.99 Å². The number of aryl methyl sites for hydroxylation is 1. The van der Waals surface area contributed by atoms with E-state index in [1.807, 2.05) is 0 Å². The number of rotatable bonds is 3. The van der Waals surface area contributed by atoms with Gasteiger partial charge in [-0.15, -0.1) is 0 Å². The minimum absolute atomic E-state index is 0.372. The molecule has 0 aliphatic heterocycles. The first-order valence-corrected chi connectivity index (χ1v) is 5.98. The lowest BCUT2D eigenvalue weighted by atomic mass is 9.85. The molecule has 0 aromatic heterocycles. The molecule has 1 saturated carbocycles. The van der Waals surface area contributed by atoms with Crippen LogP contribution in [-0.4, -0.2) is 12.4 Å². The second kappa shape index (κ2) is 4.83. The fraction of sp³-hybridized carbons (Fsp3) is 0.429. The number of isocyanates is 1. The predicted molar refractivity (Wildman–Crippen MR) is 64.8 cm³/mol. The number of nitrogens with zero attached hydrogens (tertiary/aromatic N) is 1.